The number of rotatable bonds is 2. The maximum atomic E-state index is 13.3. The first kappa shape index (κ1) is 39.3. The lowest BCUT2D eigenvalue weighted by atomic mass is 9.66. The fraction of sp³-hybridized carbons (Fsp3) is 0.500. The van der Waals surface area contributed by atoms with E-state index in [9.17, 15) is 65.9 Å². The van der Waals surface area contributed by atoms with Crippen LogP contribution in [0.25, 0.3) is 4.85 Å². The molecule has 2 aromatic carbocycles. The molecule has 4 bridgehead atoms. The minimum Gasteiger partial charge on any atom is -0.387 e. The summed E-state index contributed by atoms with van der Waals surface area (Å²) in [5.41, 5.74) is -10.6. The summed E-state index contributed by atoms with van der Waals surface area (Å²) >= 11 is 0. The van der Waals surface area contributed by atoms with Crippen LogP contribution in [0.2, 0.25) is 0 Å². The molecule has 4 unspecified atom stereocenters. The first-order chi connectivity index (χ1) is 25.7. The van der Waals surface area contributed by atoms with Crippen molar-refractivity contribution < 1.29 is 75.4 Å². The number of amides is 4. The lowest BCUT2D eigenvalue weighted by Crippen LogP contribution is -2.57. The number of hydrogen-bond donors (Lipinski definition) is 4. The van der Waals surface area contributed by atoms with E-state index in [4.69, 9.17) is 21.3 Å². The van der Waals surface area contributed by atoms with Crippen LogP contribution >= 0.6 is 0 Å². The van der Waals surface area contributed by atoms with Crippen LogP contribution in [0, 0.1) is 41.6 Å². The van der Waals surface area contributed by atoms with Gasteiger partial charge in [0.15, 0.2) is 5.69 Å². The van der Waals surface area contributed by atoms with E-state index in [0.717, 1.165) is 24.3 Å². The SMILES string of the molecule is CC12OC(C)([C@H](O)[C@H]1O)[C@H]1C(=O)N(c3ccc(C#N)c(C(F)(F)F)c3)C(=O)[C@H]12.[C-]#[N+]c1ccc(N2C(=O)[C@@H]3[C@H](C2=O)C2(C)OC3(C)[C@@H](O)[C@@H]2O)cc1C(F)(F)F. The summed E-state index contributed by atoms with van der Waals surface area (Å²) in [6, 6.07) is 6.58. The number of nitrogens with zero attached hydrogens (tertiary/aromatic N) is 4. The molecule has 8 rings (SSSR count). The van der Waals surface area contributed by atoms with Crippen LogP contribution in [0.5, 0.6) is 0 Å². The number of carbonyl (C=O) groups is 4. The Hall–Kier alpha value is -4.96. The van der Waals surface area contributed by atoms with Crippen LogP contribution < -0.4 is 9.80 Å². The van der Waals surface area contributed by atoms with Gasteiger partial charge in [-0.25, -0.2) is 14.6 Å². The third kappa shape index (κ3) is 4.83. The maximum absolute atomic E-state index is 13.3. The Morgan fingerprint density at radius 1 is 0.643 bits per heavy atom. The van der Waals surface area contributed by atoms with Gasteiger partial charge < -0.3 is 29.9 Å². The molecule has 20 heteroatoms. The molecule has 0 spiro atoms. The van der Waals surface area contributed by atoms with Crippen molar-refractivity contribution in [3.63, 3.8) is 0 Å². The highest BCUT2D eigenvalue weighted by atomic mass is 19.4. The first-order valence-electron chi connectivity index (χ1n) is 16.8. The number of aliphatic hydroxyl groups is 4. The molecule has 4 amide bonds. The predicted molar refractivity (Wildman–Crippen MR) is 173 cm³/mol. The Morgan fingerprint density at radius 2 is 0.964 bits per heavy atom. The smallest absolute Gasteiger partial charge is 0.387 e. The summed E-state index contributed by atoms with van der Waals surface area (Å²) in [7, 11) is 0. The molecule has 6 saturated heterocycles. The van der Waals surface area contributed by atoms with Gasteiger partial charge in [-0.2, -0.15) is 31.6 Å². The van der Waals surface area contributed by atoms with Crippen molar-refractivity contribution in [1.29, 1.82) is 5.26 Å². The fourth-order valence-corrected chi connectivity index (χ4v) is 9.58. The highest BCUT2D eigenvalue weighted by Gasteiger charge is 2.80. The van der Waals surface area contributed by atoms with E-state index in [-0.39, 0.29) is 11.4 Å². The van der Waals surface area contributed by atoms with Crippen LogP contribution in [0.1, 0.15) is 44.4 Å². The minimum atomic E-state index is -4.85. The van der Waals surface area contributed by atoms with Gasteiger partial charge in [0.25, 0.3) is 0 Å². The van der Waals surface area contributed by atoms with E-state index >= 15 is 0 Å². The van der Waals surface area contributed by atoms with Crippen LogP contribution in [0.4, 0.5) is 43.4 Å². The van der Waals surface area contributed by atoms with E-state index in [1.165, 1.54) is 33.8 Å². The number of halogens is 6. The van der Waals surface area contributed by atoms with Crippen LogP contribution in [0.3, 0.4) is 0 Å². The molecule has 0 aromatic heterocycles. The van der Waals surface area contributed by atoms with Gasteiger partial charge in [0, 0.05) is 5.69 Å². The third-order valence-corrected chi connectivity index (χ3v) is 12.3. The number of imide groups is 2. The number of nitriles is 1. The average molecular weight is 793 g/mol. The lowest BCUT2D eigenvalue weighted by Gasteiger charge is -2.35. The number of fused-ring (bicyclic) bond motifs is 10. The van der Waals surface area contributed by atoms with Crippen molar-refractivity contribution in [2.24, 2.45) is 23.7 Å². The molecule has 12 atom stereocenters. The molecule has 296 valence electrons. The van der Waals surface area contributed by atoms with Crippen molar-refractivity contribution in [2.45, 2.75) is 86.9 Å². The quantitative estimate of drug-likeness (QED) is 0.198. The minimum absolute atomic E-state index is 0.320. The highest BCUT2D eigenvalue weighted by molar-refractivity contribution is 6.24. The number of ether oxygens (including phenoxy) is 2. The Bertz CT molecular complexity index is 1990. The zero-order valence-corrected chi connectivity index (χ0v) is 29.4. The van der Waals surface area contributed by atoms with E-state index in [2.05, 4.69) is 4.85 Å². The zero-order valence-electron chi connectivity index (χ0n) is 29.4. The van der Waals surface area contributed by atoms with Crippen molar-refractivity contribution in [2.75, 3.05) is 9.80 Å². The largest absolute Gasteiger partial charge is 0.417 e. The number of alkyl halides is 6. The Morgan fingerprint density at radius 3 is 1.27 bits per heavy atom. The summed E-state index contributed by atoms with van der Waals surface area (Å²) in [6.07, 6.45) is -15.4. The Labute approximate surface area is 312 Å². The second-order valence-corrected chi connectivity index (χ2v) is 15.3. The molecule has 0 aliphatic carbocycles. The summed E-state index contributed by atoms with van der Waals surface area (Å²) in [5, 5.41) is 50.1. The summed E-state index contributed by atoms with van der Waals surface area (Å²) < 4.78 is 91.0. The number of aliphatic hydroxyl groups excluding tert-OH is 4. The van der Waals surface area contributed by atoms with E-state index < -0.39 is 129 Å². The van der Waals surface area contributed by atoms with E-state index in [1.54, 1.807) is 0 Å². The normalized spacial score (nSPS) is 39.4. The number of anilines is 2. The lowest BCUT2D eigenvalue weighted by molar-refractivity contribution is -0.138. The molecule has 0 saturated carbocycles. The van der Waals surface area contributed by atoms with Crippen molar-refractivity contribution in [3.8, 4) is 6.07 Å². The monoisotopic (exact) mass is 792 g/mol. The van der Waals surface area contributed by atoms with Gasteiger partial charge in [-0.3, -0.25) is 19.2 Å². The highest BCUT2D eigenvalue weighted by Crippen LogP contribution is 2.62. The second-order valence-electron chi connectivity index (χ2n) is 15.3. The molecular formula is C36H30F6N4O10. The van der Waals surface area contributed by atoms with Gasteiger partial charge in [0.2, 0.25) is 23.6 Å². The third-order valence-electron chi connectivity index (χ3n) is 12.3. The number of carbonyl (C=O) groups excluding carboxylic acids is 4. The van der Waals surface area contributed by atoms with E-state index in [0.29, 0.717) is 21.9 Å². The second kappa shape index (κ2) is 11.8. The fourth-order valence-electron chi connectivity index (χ4n) is 9.58. The average Bonchev–Trinajstić information content (AvgIpc) is 3.83. The number of benzene rings is 2. The Balaban J connectivity index is 0.000000172. The van der Waals surface area contributed by atoms with Crippen LogP contribution in [-0.2, 0) is 41.0 Å². The molecule has 4 N–H and O–H groups in total. The molecule has 6 aliphatic rings. The molecule has 6 aliphatic heterocycles. The zero-order chi connectivity index (χ0) is 41.6. The van der Waals surface area contributed by atoms with E-state index in [1.807, 2.05) is 0 Å². The standard InChI is InChI=1S/2C18H15F3N2O5/c1-16-10-11(17(2,28-16)13(25)12(16)24)15(27)23(14(10)26)7-4-5-9(22-3)8(6-7)18(19,20)21;1-16-10-11(17(2,28-16)13(25)12(16)24)15(27)23(14(10)26)8-4-3-7(6-22)9(5-8)18(19,20)21/h4-6,10-13,24-25H,1-2H3;3-5,10-13,24-25H,1-2H3/t2*10-,11+,12-,13-,16?,17?/m01/s1. The van der Waals surface area contributed by atoms with Gasteiger partial charge in [0.05, 0.1) is 58.7 Å². The number of hydrogen-bond acceptors (Lipinski definition) is 11. The molecular weight excluding hydrogens is 762 g/mol. The summed E-state index contributed by atoms with van der Waals surface area (Å²) in [6.45, 7) is 12.5. The molecule has 6 fully saturated rings. The summed E-state index contributed by atoms with van der Waals surface area (Å²) in [5.74, 6) is -7.82. The molecule has 2 aromatic rings. The van der Waals surface area contributed by atoms with Crippen molar-refractivity contribution in [1.82, 2.24) is 0 Å². The molecule has 0 radical (unpaired) electrons. The molecule has 14 nitrogen and oxygen atoms in total. The maximum Gasteiger partial charge on any atom is 0.417 e. The van der Waals surface area contributed by atoms with Gasteiger partial charge in [-0.15, -0.1) is 0 Å². The first-order valence-corrected chi connectivity index (χ1v) is 16.8. The molecule has 6 heterocycles. The van der Waals surface area contributed by atoms with Crippen molar-refractivity contribution in [3.05, 3.63) is 64.5 Å². The predicted octanol–water partition coefficient (Wildman–Crippen LogP) is 2.61. The van der Waals surface area contributed by atoms with Gasteiger partial charge in [0.1, 0.15) is 46.8 Å². The van der Waals surface area contributed by atoms with Gasteiger partial charge >= 0.3 is 12.4 Å². The van der Waals surface area contributed by atoms with Gasteiger partial charge in [-0.05, 0) is 58.0 Å². The van der Waals surface area contributed by atoms with Crippen LogP contribution in [0.15, 0.2) is 36.4 Å². The van der Waals surface area contributed by atoms with Gasteiger partial charge in [-0.1, -0.05) is 6.07 Å². The topological polar surface area (TPSA) is 202 Å². The summed E-state index contributed by atoms with van der Waals surface area (Å²) in [4.78, 5) is 56.0. The van der Waals surface area contributed by atoms with Crippen LogP contribution in [-0.4, -0.2) is 90.9 Å². The Kier molecular flexibility index (Phi) is 8.27. The van der Waals surface area contributed by atoms with Crippen molar-refractivity contribution >= 4 is 40.7 Å². The molecule has 56 heavy (non-hydrogen) atoms.